The zero-order chi connectivity index (χ0) is 18.5. The maximum absolute atomic E-state index is 12.4. The smallest absolute Gasteiger partial charge is 0.191 e. The van der Waals surface area contributed by atoms with Gasteiger partial charge in [-0.3, -0.25) is 4.79 Å². The van der Waals surface area contributed by atoms with Crippen LogP contribution in [-0.2, 0) is 9.22 Å². The highest BCUT2D eigenvalue weighted by atomic mass is 28.4. The second kappa shape index (κ2) is 6.51. The Bertz CT molecular complexity index is 480. The molecule has 3 aliphatic carbocycles. The lowest BCUT2D eigenvalue weighted by molar-refractivity contribution is -0.160. The van der Waals surface area contributed by atoms with Crippen LogP contribution in [0.15, 0.2) is 0 Å². The van der Waals surface area contributed by atoms with Crippen molar-refractivity contribution in [2.24, 2.45) is 29.1 Å². The molecule has 4 heteroatoms. The number of carbonyl (C=O) groups is 1. The first-order valence-corrected chi connectivity index (χ1v) is 12.6. The summed E-state index contributed by atoms with van der Waals surface area (Å²) in [6.45, 7) is 18.8. The molecular weight excluding hydrogens is 316 g/mol. The van der Waals surface area contributed by atoms with Gasteiger partial charge in [-0.05, 0) is 54.6 Å². The van der Waals surface area contributed by atoms with Gasteiger partial charge in [0.1, 0.15) is 5.78 Å². The van der Waals surface area contributed by atoms with E-state index < -0.39 is 19.8 Å². The molecule has 3 fully saturated rings. The molecule has 1 N–H and O–H groups in total. The first-order valence-electron chi connectivity index (χ1n) is 9.65. The number of rotatable bonds is 5. The van der Waals surface area contributed by atoms with Crippen molar-refractivity contribution < 1.29 is 14.3 Å². The summed E-state index contributed by atoms with van der Waals surface area (Å²) >= 11 is 0. The van der Waals surface area contributed by atoms with E-state index in [1.54, 1.807) is 0 Å². The second-order valence-electron chi connectivity index (χ2n) is 10.4. The molecular formula is C20H38O3Si. The van der Waals surface area contributed by atoms with Gasteiger partial charge in [0, 0.05) is 13.0 Å². The van der Waals surface area contributed by atoms with Crippen LogP contribution in [0.25, 0.3) is 0 Å². The molecule has 0 aromatic heterocycles. The van der Waals surface area contributed by atoms with Gasteiger partial charge in [0.05, 0.1) is 11.5 Å². The molecule has 0 unspecified atom stereocenters. The number of Topliss-reactive ketones (excluding diaryl/α,β-unsaturated/α-hetero) is 1. The van der Waals surface area contributed by atoms with Gasteiger partial charge in [-0.15, -0.1) is 0 Å². The number of carbonyl (C=O) groups excluding carboxylic acids is 1. The lowest BCUT2D eigenvalue weighted by Crippen LogP contribution is -2.56. The SMILES string of the molecule is CC(C)[C@H](CO[Si](C)(C)C(C)(C)C)[C@H]1C[C@@]2(C)C(=O)C[C@H]1C[C@H]2O. The van der Waals surface area contributed by atoms with Gasteiger partial charge in [0.15, 0.2) is 8.32 Å². The lowest BCUT2D eigenvalue weighted by atomic mass is 9.52. The summed E-state index contributed by atoms with van der Waals surface area (Å²) in [4.78, 5) is 12.4. The predicted molar refractivity (Wildman–Crippen MR) is 101 cm³/mol. The molecule has 140 valence electrons. The molecule has 0 heterocycles. The molecule has 0 spiro atoms. The average molecular weight is 355 g/mol. The fourth-order valence-corrected chi connectivity index (χ4v) is 5.39. The number of ketones is 1. The number of aliphatic hydroxyl groups excluding tert-OH is 1. The fourth-order valence-electron chi connectivity index (χ4n) is 4.35. The fraction of sp³-hybridized carbons (Fsp3) is 0.950. The Balaban J connectivity index is 2.14. The van der Waals surface area contributed by atoms with E-state index >= 15 is 0 Å². The maximum atomic E-state index is 12.4. The van der Waals surface area contributed by atoms with Gasteiger partial charge in [0.25, 0.3) is 0 Å². The first kappa shape index (κ1) is 20.1. The summed E-state index contributed by atoms with van der Waals surface area (Å²) in [6, 6.07) is 0. The van der Waals surface area contributed by atoms with Gasteiger partial charge in [-0.2, -0.15) is 0 Å². The van der Waals surface area contributed by atoms with Crippen LogP contribution < -0.4 is 0 Å². The van der Waals surface area contributed by atoms with Crippen molar-refractivity contribution in [2.75, 3.05) is 6.61 Å². The quantitative estimate of drug-likeness (QED) is 0.731. The third kappa shape index (κ3) is 3.52. The molecule has 3 nitrogen and oxygen atoms in total. The maximum Gasteiger partial charge on any atom is 0.191 e. The minimum Gasteiger partial charge on any atom is -0.417 e. The normalized spacial score (nSPS) is 35.6. The monoisotopic (exact) mass is 354 g/mol. The summed E-state index contributed by atoms with van der Waals surface area (Å²) in [5, 5.41) is 10.6. The van der Waals surface area contributed by atoms with Gasteiger partial charge in [-0.1, -0.05) is 41.5 Å². The highest BCUT2D eigenvalue weighted by molar-refractivity contribution is 6.74. The Morgan fingerprint density at radius 3 is 2.38 bits per heavy atom. The molecule has 0 aromatic rings. The second-order valence-corrected chi connectivity index (χ2v) is 15.2. The van der Waals surface area contributed by atoms with Gasteiger partial charge < -0.3 is 9.53 Å². The number of aliphatic hydroxyl groups is 1. The van der Waals surface area contributed by atoms with Gasteiger partial charge in [0.2, 0.25) is 0 Å². The van der Waals surface area contributed by atoms with Crippen molar-refractivity contribution in [1.82, 2.24) is 0 Å². The van der Waals surface area contributed by atoms with E-state index in [2.05, 4.69) is 47.7 Å². The lowest BCUT2D eigenvalue weighted by Gasteiger charge is -2.54. The number of fused-ring (bicyclic) bond motifs is 3. The van der Waals surface area contributed by atoms with E-state index in [0.29, 0.717) is 30.1 Å². The van der Waals surface area contributed by atoms with Crippen molar-refractivity contribution in [3.63, 3.8) is 0 Å². The highest BCUT2D eigenvalue weighted by Gasteiger charge is 2.56. The molecule has 24 heavy (non-hydrogen) atoms. The first-order chi connectivity index (χ1) is 10.8. The number of hydrogen-bond acceptors (Lipinski definition) is 3. The van der Waals surface area contributed by atoms with Crippen LogP contribution >= 0.6 is 0 Å². The van der Waals surface area contributed by atoms with Crippen LogP contribution in [0, 0.1) is 29.1 Å². The minimum atomic E-state index is -1.76. The third-order valence-electron chi connectivity index (χ3n) is 7.46. The van der Waals surface area contributed by atoms with Crippen molar-refractivity contribution in [3.8, 4) is 0 Å². The van der Waals surface area contributed by atoms with Crippen molar-refractivity contribution in [3.05, 3.63) is 0 Å². The largest absolute Gasteiger partial charge is 0.417 e. The zero-order valence-electron chi connectivity index (χ0n) is 17.0. The molecule has 0 aromatic carbocycles. The summed E-state index contributed by atoms with van der Waals surface area (Å²) in [6.07, 6.45) is 1.83. The van der Waals surface area contributed by atoms with Crippen molar-refractivity contribution in [1.29, 1.82) is 0 Å². The summed E-state index contributed by atoms with van der Waals surface area (Å²) < 4.78 is 6.56. The Morgan fingerprint density at radius 2 is 1.92 bits per heavy atom. The van der Waals surface area contributed by atoms with Crippen molar-refractivity contribution >= 4 is 14.1 Å². The van der Waals surface area contributed by atoms with E-state index in [9.17, 15) is 9.90 Å². The van der Waals surface area contributed by atoms with Gasteiger partial charge >= 0.3 is 0 Å². The Morgan fingerprint density at radius 1 is 1.33 bits per heavy atom. The Labute approximate surface area is 149 Å². The molecule has 0 amide bonds. The molecule has 2 bridgehead atoms. The minimum absolute atomic E-state index is 0.220. The van der Waals surface area contributed by atoms with E-state index in [-0.39, 0.29) is 10.8 Å². The molecule has 0 radical (unpaired) electrons. The van der Waals surface area contributed by atoms with Crippen LogP contribution in [-0.4, -0.2) is 31.9 Å². The predicted octanol–water partition coefficient (Wildman–Crippen LogP) is 4.65. The molecule has 3 saturated carbocycles. The Hall–Kier alpha value is -0.193. The molecule has 3 aliphatic rings. The summed E-state index contributed by atoms with van der Waals surface area (Å²) in [7, 11) is -1.76. The Kier molecular flexibility index (Phi) is 5.46. The van der Waals surface area contributed by atoms with Crippen LogP contribution in [0.5, 0.6) is 0 Å². The van der Waals surface area contributed by atoms with Crippen LogP contribution in [0.2, 0.25) is 18.1 Å². The molecule has 5 atom stereocenters. The zero-order valence-corrected chi connectivity index (χ0v) is 18.0. The summed E-state index contributed by atoms with van der Waals surface area (Å²) in [5.41, 5.74) is -0.524. The van der Waals surface area contributed by atoms with Gasteiger partial charge in [-0.25, -0.2) is 0 Å². The molecule has 3 rings (SSSR count). The number of hydrogen-bond donors (Lipinski definition) is 1. The standard InChI is InChI=1S/C20H38O3Si/c1-13(2)16(12-23-24(7,8)19(3,4)5)15-11-20(6)17(21)9-14(15)10-18(20)22/h13-17,21H,9-12H2,1-8H3/t14-,15+,16+,17-,20-/m1/s1. The molecule has 0 aliphatic heterocycles. The highest BCUT2D eigenvalue weighted by Crippen LogP contribution is 2.54. The van der Waals surface area contributed by atoms with E-state index in [4.69, 9.17) is 4.43 Å². The van der Waals surface area contributed by atoms with E-state index in [0.717, 1.165) is 19.4 Å². The van der Waals surface area contributed by atoms with E-state index in [1.807, 2.05) is 6.92 Å². The van der Waals surface area contributed by atoms with Crippen molar-refractivity contribution in [2.45, 2.75) is 85.0 Å². The van der Waals surface area contributed by atoms with Crippen LogP contribution in [0.3, 0.4) is 0 Å². The third-order valence-corrected chi connectivity index (χ3v) is 12.0. The van der Waals surface area contributed by atoms with Crippen LogP contribution in [0.1, 0.15) is 60.8 Å². The average Bonchev–Trinajstić information content (AvgIpc) is 2.40. The summed E-state index contributed by atoms with van der Waals surface area (Å²) in [5.74, 6) is 2.12. The van der Waals surface area contributed by atoms with Crippen LogP contribution in [0.4, 0.5) is 0 Å². The van der Waals surface area contributed by atoms with E-state index in [1.165, 1.54) is 0 Å². The topological polar surface area (TPSA) is 46.5 Å². The molecule has 0 saturated heterocycles.